The Morgan fingerprint density at radius 3 is 2.58 bits per heavy atom. The van der Waals surface area contributed by atoms with Gasteiger partial charge in [0.05, 0.1) is 13.7 Å². The van der Waals surface area contributed by atoms with Gasteiger partial charge in [0, 0.05) is 11.1 Å². The van der Waals surface area contributed by atoms with Gasteiger partial charge in [-0.05, 0) is 31.0 Å². The molecule has 19 heavy (non-hydrogen) atoms. The number of nitrogens with one attached hydrogen (secondary N) is 1. The Labute approximate surface area is 118 Å². The van der Waals surface area contributed by atoms with Crippen LogP contribution < -0.4 is 9.46 Å². The summed E-state index contributed by atoms with van der Waals surface area (Å²) in [4.78, 5) is -0.0301. The van der Waals surface area contributed by atoms with E-state index in [-0.39, 0.29) is 17.3 Å². The highest BCUT2D eigenvalue weighted by Gasteiger charge is 2.23. The van der Waals surface area contributed by atoms with E-state index in [1.54, 1.807) is 19.9 Å². The average Bonchev–Trinajstić information content (AvgIpc) is 2.38. The van der Waals surface area contributed by atoms with E-state index in [1.807, 2.05) is 0 Å². The second kappa shape index (κ2) is 6.56. The highest BCUT2D eigenvalue weighted by molar-refractivity contribution is 7.89. The summed E-state index contributed by atoms with van der Waals surface area (Å²) in [6, 6.07) is 2.38. The molecular weight excluding hydrogens is 290 g/mol. The fraction of sp³-hybridized carbons (Fsp3) is 0.500. The van der Waals surface area contributed by atoms with Gasteiger partial charge in [-0.3, -0.25) is 0 Å². The number of sulfonamides is 1. The minimum atomic E-state index is -3.79. The summed E-state index contributed by atoms with van der Waals surface area (Å²) >= 11 is 5.96. The number of halogens is 1. The van der Waals surface area contributed by atoms with Crippen LogP contribution in [0.25, 0.3) is 0 Å². The van der Waals surface area contributed by atoms with Crippen LogP contribution in [0, 0.1) is 6.92 Å². The van der Waals surface area contributed by atoms with E-state index >= 15 is 0 Å². The Balaban J connectivity index is 3.24. The van der Waals surface area contributed by atoms with Gasteiger partial charge in [0.2, 0.25) is 10.0 Å². The second-order valence-electron chi connectivity index (χ2n) is 4.16. The van der Waals surface area contributed by atoms with E-state index in [4.69, 9.17) is 21.4 Å². The molecule has 0 heterocycles. The van der Waals surface area contributed by atoms with E-state index < -0.39 is 16.1 Å². The lowest BCUT2D eigenvalue weighted by atomic mass is 10.2. The lowest BCUT2D eigenvalue weighted by molar-refractivity contribution is 0.253. The van der Waals surface area contributed by atoms with Crippen molar-refractivity contribution in [2.45, 2.75) is 31.2 Å². The fourth-order valence-electron chi connectivity index (χ4n) is 1.54. The molecule has 0 aliphatic carbocycles. The summed E-state index contributed by atoms with van der Waals surface area (Å²) < 4.78 is 32.0. The Morgan fingerprint density at radius 1 is 1.47 bits per heavy atom. The fourth-order valence-corrected chi connectivity index (χ4v) is 3.25. The molecule has 1 aromatic rings. The molecule has 2 N–H and O–H groups in total. The molecule has 0 saturated carbocycles. The normalized spacial score (nSPS) is 13.3. The van der Waals surface area contributed by atoms with Crippen molar-refractivity contribution in [1.29, 1.82) is 0 Å². The largest absolute Gasteiger partial charge is 0.495 e. The van der Waals surface area contributed by atoms with Crippen LogP contribution in [0.4, 0.5) is 0 Å². The predicted molar refractivity (Wildman–Crippen MR) is 74.2 cm³/mol. The first-order chi connectivity index (χ1) is 8.85. The molecular formula is C12H18ClNO4S. The number of ether oxygens (including phenoxy) is 1. The van der Waals surface area contributed by atoms with Gasteiger partial charge < -0.3 is 9.84 Å². The van der Waals surface area contributed by atoms with Crippen molar-refractivity contribution in [2.75, 3.05) is 13.7 Å². The van der Waals surface area contributed by atoms with Crippen LogP contribution >= 0.6 is 11.6 Å². The molecule has 0 saturated heterocycles. The van der Waals surface area contributed by atoms with Crippen molar-refractivity contribution in [1.82, 2.24) is 4.72 Å². The van der Waals surface area contributed by atoms with Crippen LogP contribution in [0.3, 0.4) is 0 Å². The van der Waals surface area contributed by atoms with Gasteiger partial charge in [-0.25, -0.2) is 13.1 Å². The molecule has 1 atom stereocenters. The molecule has 0 unspecified atom stereocenters. The van der Waals surface area contributed by atoms with E-state index in [2.05, 4.69) is 4.72 Å². The maximum Gasteiger partial charge on any atom is 0.244 e. The van der Waals surface area contributed by atoms with E-state index in [1.165, 1.54) is 13.2 Å². The van der Waals surface area contributed by atoms with Gasteiger partial charge in [0.25, 0.3) is 0 Å². The third-order valence-electron chi connectivity index (χ3n) is 2.77. The molecule has 0 fully saturated rings. The zero-order valence-electron chi connectivity index (χ0n) is 11.1. The van der Waals surface area contributed by atoms with Crippen LogP contribution in [0.2, 0.25) is 5.02 Å². The molecule has 1 rings (SSSR count). The Hall–Kier alpha value is -0.820. The van der Waals surface area contributed by atoms with E-state index in [0.29, 0.717) is 11.4 Å². The number of aliphatic hydroxyl groups excluding tert-OH is 1. The first kappa shape index (κ1) is 16.2. The van der Waals surface area contributed by atoms with Gasteiger partial charge in [-0.15, -0.1) is 0 Å². The van der Waals surface area contributed by atoms with Crippen molar-refractivity contribution in [2.24, 2.45) is 0 Å². The van der Waals surface area contributed by atoms with E-state index in [0.717, 1.165) is 5.56 Å². The summed E-state index contributed by atoms with van der Waals surface area (Å²) in [6.07, 6.45) is 0.484. The zero-order chi connectivity index (χ0) is 14.6. The number of hydrogen-bond acceptors (Lipinski definition) is 4. The SMILES string of the molecule is CC[C@@H](CO)NS(=O)(=O)c1cc(Cl)c(C)cc1OC. The van der Waals surface area contributed by atoms with Gasteiger partial charge in [0.15, 0.2) is 0 Å². The minimum Gasteiger partial charge on any atom is -0.495 e. The highest BCUT2D eigenvalue weighted by atomic mass is 35.5. The van der Waals surface area contributed by atoms with Crippen molar-refractivity contribution in [3.8, 4) is 5.75 Å². The van der Waals surface area contributed by atoms with Gasteiger partial charge in [0.1, 0.15) is 10.6 Å². The van der Waals surface area contributed by atoms with Crippen molar-refractivity contribution >= 4 is 21.6 Å². The van der Waals surface area contributed by atoms with Crippen LogP contribution in [0.1, 0.15) is 18.9 Å². The number of benzene rings is 1. The third kappa shape index (κ3) is 3.82. The monoisotopic (exact) mass is 307 g/mol. The molecule has 0 bridgehead atoms. The average molecular weight is 308 g/mol. The van der Waals surface area contributed by atoms with Crippen LogP contribution in [-0.2, 0) is 10.0 Å². The summed E-state index contributed by atoms with van der Waals surface area (Å²) in [5, 5.41) is 9.42. The van der Waals surface area contributed by atoms with Crippen LogP contribution in [0.5, 0.6) is 5.75 Å². The Morgan fingerprint density at radius 2 is 2.11 bits per heavy atom. The lowest BCUT2D eigenvalue weighted by Crippen LogP contribution is -2.37. The van der Waals surface area contributed by atoms with Gasteiger partial charge >= 0.3 is 0 Å². The second-order valence-corrected chi connectivity index (χ2v) is 6.25. The van der Waals surface area contributed by atoms with Crippen LogP contribution in [0.15, 0.2) is 17.0 Å². The maximum atomic E-state index is 12.2. The number of methoxy groups -OCH3 is 1. The molecule has 1 aromatic carbocycles. The molecule has 0 amide bonds. The summed E-state index contributed by atoms with van der Waals surface area (Å²) in [5.41, 5.74) is 0.728. The smallest absolute Gasteiger partial charge is 0.244 e. The topological polar surface area (TPSA) is 75.6 Å². The number of aliphatic hydroxyl groups is 1. The predicted octanol–water partition coefficient (Wildman–Crippen LogP) is 1.71. The minimum absolute atomic E-state index is 0.0301. The molecule has 0 aliphatic heterocycles. The Bertz CT molecular complexity index is 541. The molecule has 108 valence electrons. The summed E-state index contributed by atoms with van der Waals surface area (Å²) in [5.74, 6) is 0.224. The number of hydrogen-bond donors (Lipinski definition) is 2. The number of aryl methyl sites for hydroxylation is 1. The summed E-state index contributed by atoms with van der Waals surface area (Å²) in [7, 11) is -2.39. The molecule has 7 heteroatoms. The van der Waals surface area contributed by atoms with Crippen molar-refractivity contribution in [3.05, 3.63) is 22.7 Å². The zero-order valence-corrected chi connectivity index (χ0v) is 12.7. The quantitative estimate of drug-likeness (QED) is 0.839. The Kier molecular flexibility index (Phi) is 5.61. The summed E-state index contributed by atoms with van der Waals surface area (Å²) in [6.45, 7) is 3.28. The molecule has 0 spiro atoms. The standard InChI is InChI=1S/C12H18ClNO4S/c1-4-9(7-15)14-19(16,17)12-6-10(13)8(2)5-11(12)18-3/h5-6,9,14-15H,4,7H2,1-3H3/t9-/m0/s1. The number of rotatable bonds is 6. The molecule has 0 radical (unpaired) electrons. The van der Waals surface area contributed by atoms with Gasteiger partial charge in [-0.1, -0.05) is 18.5 Å². The van der Waals surface area contributed by atoms with Crippen molar-refractivity contribution in [3.63, 3.8) is 0 Å². The lowest BCUT2D eigenvalue weighted by Gasteiger charge is -2.16. The van der Waals surface area contributed by atoms with Gasteiger partial charge in [-0.2, -0.15) is 0 Å². The first-order valence-electron chi connectivity index (χ1n) is 5.83. The van der Waals surface area contributed by atoms with E-state index in [9.17, 15) is 8.42 Å². The molecule has 5 nitrogen and oxygen atoms in total. The van der Waals surface area contributed by atoms with Crippen molar-refractivity contribution < 1.29 is 18.3 Å². The molecule has 0 aromatic heterocycles. The maximum absolute atomic E-state index is 12.2. The molecule has 0 aliphatic rings. The third-order valence-corrected chi connectivity index (χ3v) is 4.72. The van der Waals surface area contributed by atoms with Crippen LogP contribution in [-0.4, -0.2) is 33.3 Å². The highest BCUT2D eigenvalue weighted by Crippen LogP contribution is 2.30. The first-order valence-corrected chi connectivity index (χ1v) is 7.69.